The highest BCUT2D eigenvalue weighted by molar-refractivity contribution is 5.84. The van der Waals surface area contributed by atoms with E-state index in [2.05, 4.69) is 39.2 Å². The maximum Gasteiger partial charge on any atom is 0.107 e. The highest BCUT2D eigenvalue weighted by Crippen LogP contribution is 2.31. The van der Waals surface area contributed by atoms with Crippen LogP contribution in [0.2, 0.25) is 0 Å². The fourth-order valence-corrected chi connectivity index (χ4v) is 3.64. The molecule has 2 aromatic carbocycles. The molecule has 1 N–H and O–H groups in total. The van der Waals surface area contributed by atoms with Gasteiger partial charge in [0, 0.05) is 30.1 Å². The average Bonchev–Trinajstić information content (AvgIpc) is 3.22. The van der Waals surface area contributed by atoms with Crippen LogP contribution in [0.5, 0.6) is 0 Å². The highest BCUT2D eigenvalue weighted by Gasteiger charge is 2.16. The number of aromatic nitrogens is 5. The number of H-pyrrole nitrogens is 1. The number of imidazole rings is 1. The molecule has 0 atom stereocenters. The normalized spacial score (nSPS) is 11.1. The van der Waals surface area contributed by atoms with Crippen LogP contribution in [0.3, 0.4) is 0 Å². The zero-order valence-corrected chi connectivity index (χ0v) is 16.7. The number of hydrogen-bond donors (Lipinski definition) is 1. The van der Waals surface area contributed by atoms with E-state index in [1.54, 1.807) is 12.4 Å². The lowest BCUT2D eigenvalue weighted by atomic mass is 10.1. The van der Waals surface area contributed by atoms with E-state index in [4.69, 9.17) is 9.97 Å². The molecule has 0 fully saturated rings. The van der Waals surface area contributed by atoms with Gasteiger partial charge in [-0.1, -0.05) is 42.5 Å². The van der Waals surface area contributed by atoms with Crippen molar-refractivity contribution in [3.63, 3.8) is 0 Å². The van der Waals surface area contributed by atoms with Crippen LogP contribution in [0.15, 0.2) is 79.1 Å². The number of benzene rings is 2. The second-order valence-corrected chi connectivity index (χ2v) is 7.32. The number of rotatable bonds is 5. The third kappa shape index (κ3) is 3.70. The number of pyridine rings is 1. The molecular formula is C25H21N5. The first-order valence-electron chi connectivity index (χ1n) is 10.0. The topological polar surface area (TPSA) is 67.3 Å². The summed E-state index contributed by atoms with van der Waals surface area (Å²) in [7, 11) is 0. The summed E-state index contributed by atoms with van der Waals surface area (Å²) in [6.45, 7) is 2.00. The van der Waals surface area contributed by atoms with Crippen molar-refractivity contribution >= 4 is 11.0 Å². The van der Waals surface area contributed by atoms with Crippen LogP contribution in [0.25, 0.3) is 33.7 Å². The third-order valence-corrected chi connectivity index (χ3v) is 5.13. The molecule has 0 aliphatic rings. The lowest BCUT2D eigenvalue weighted by molar-refractivity contribution is 0.885. The molecule has 0 amide bonds. The van der Waals surface area contributed by atoms with E-state index in [-0.39, 0.29) is 0 Å². The Morgan fingerprint density at radius 1 is 0.767 bits per heavy atom. The van der Waals surface area contributed by atoms with Crippen LogP contribution in [0.4, 0.5) is 0 Å². The largest absolute Gasteiger partial charge is 0.340 e. The molecule has 0 saturated carbocycles. The van der Waals surface area contributed by atoms with Crippen LogP contribution in [0.1, 0.15) is 17.1 Å². The first kappa shape index (κ1) is 18.2. The maximum absolute atomic E-state index is 4.96. The average molecular weight is 391 g/mol. The molecule has 5 rings (SSSR count). The van der Waals surface area contributed by atoms with Crippen LogP contribution in [-0.4, -0.2) is 24.9 Å². The van der Waals surface area contributed by atoms with Crippen molar-refractivity contribution in [1.82, 2.24) is 24.9 Å². The van der Waals surface area contributed by atoms with Crippen LogP contribution in [0, 0.1) is 6.92 Å². The molecule has 5 aromatic rings. The first-order valence-corrected chi connectivity index (χ1v) is 10.0. The van der Waals surface area contributed by atoms with E-state index in [0.717, 1.165) is 58.0 Å². The SMILES string of the molecule is Cc1cccc(-c2[nH]c(CCc3ccccc3)nc2-c2ccc3nccnc3c2)n1. The van der Waals surface area contributed by atoms with E-state index < -0.39 is 0 Å². The molecular weight excluding hydrogens is 370 g/mol. The van der Waals surface area contributed by atoms with Gasteiger partial charge in [-0.3, -0.25) is 15.0 Å². The van der Waals surface area contributed by atoms with Gasteiger partial charge in [-0.05, 0) is 43.2 Å². The minimum Gasteiger partial charge on any atom is -0.340 e. The van der Waals surface area contributed by atoms with Crippen LogP contribution >= 0.6 is 0 Å². The molecule has 0 spiro atoms. The summed E-state index contributed by atoms with van der Waals surface area (Å²) in [5.41, 5.74) is 7.72. The van der Waals surface area contributed by atoms with Crippen molar-refractivity contribution in [1.29, 1.82) is 0 Å². The molecule has 0 bridgehead atoms. The van der Waals surface area contributed by atoms with Gasteiger partial charge in [0.25, 0.3) is 0 Å². The van der Waals surface area contributed by atoms with Gasteiger partial charge in [0.2, 0.25) is 0 Å². The smallest absolute Gasteiger partial charge is 0.107 e. The van der Waals surface area contributed by atoms with Crippen molar-refractivity contribution < 1.29 is 0 Å². The maximum atomic E-state index is 4.96. The lowest BCUT2D eigenvalue weighted by Crippen LogP contribution is -1.93. The molecule has 0 aliphatic heterocycles. The Morgan fingerprint density at radius 3 is 2.43 bits per heavy atom. The van der Waals surface area contributed by atoms with Crippen molar-refractivity contribution in [3.05, 3.63) is 96.2 Å². The summed E-state index contributed by atoms with van der Waals surface area (Å²) < 4.78 is 0. The minimum atomic E-state index is 0.830. The Morgan fingerprint density at radius 2 is 1.60 bits per heavy atom. The summed E-state index contributed by atoms with van der Waals surface area (Å²) in [5, 5.41) is 0. The number of fused-ring (bicyclic) bond motifs is 1. The second kappa shape index (κ2) is 7.87. The summed E-state index contributed by atoms with van der Waals surface area (Å²) in [6, 6.07) is 22.6. The van der Waals surface area contributed by atoms with Gasteiger partial charge >= 0.3 is 0 Å². The first-order chi connectivity index (χ1) is 14.8. The molecule has 30 heavy (non-hydrogen) atoms. The molecule has 0 saturated heterocycles. The number of nitrogens with one attached hydrogen (secondary N) is 1. The summed E-state index contributed by atoms with van der Waals surface area (Å²) in [6.07, 6.45) is 5.18. The monoisotopic (exact) mass is 391 g/mol. The molecule has 0 aliphatic carbocycles. The number of hydrogen-bond acceptors (Lipinski definition) is 4. The van der Waals surface area contributed by atoms with Gasteiger partial charge in [0.15, 0.2) is 0 Å². The zero-order chi connectivity index (χ0) is 20.3. The van der Waals surface area contributed by atoms with Crippen LogP contribution in [-0.2, 0) is 12.8 Å². The molecule has 3 aromatic heterocycles. The fourth-order valence-electron chi connectivity index (χ4n) is 3.64. The van der Waals surface area contributed by atoms with Gasteiger partial charge in [-0.15, -0.1) is 0 Å². The quantitative estimate of drug-likeness (QED) is 0.448. The summed E-state index contributed by atoms with van der Waals surface area (Å²) >= 11 is 0. The molecule has 146 valence electrons. The molecule has 3 heterocycles. The van der Waals surface area contributed by atoms with Crippen molar-refractivity contribution in [2.75, 3.05) is 0 Å². The van der Waals surface area contributed by atoms with E-state index in [9.17, 15) is 0 Å². The Labute approximate surface area is 174 Å². The minimum absolute atomic E-state index is 0.830. The van der Waals surface area contributed by atoms with E-state index in [1.807, 2.05) is 49.4 Å². The fraction of sp³-hybridized carbons (Fsp3) is 0.120. The van der Waals surface area contributed by atoms with Gasteiger partial charge in [-0.25, -0.2) is 4.98 Å². The van der Waals surface area contributed by atoms with Crippen molar-refractivity contribution in [2.45, 2.75) is 19.8 Å². The Bertz CT molecular complexity index is 1310. The van der Waals surface area contributed by atoms with Gasteiger partial charge in [-0.2, -0.15) is 0 Å². The Kier molecular flexibility index (Phi) is 4.77. The van der Waals surface area contributed by atoms with E-state index in [1.165, 1.54) is 5.56 Å². The highest BCUT2D eigenvalue weighted by atomic mass is 15.0. The summed E-state index contributed by atoms with van der Waals surface area (Å²) in [4.78, 5) is 22.0. The Hall–Kier alpha value is -3.86. The molecule has 5 nitrogen and oxygen atoms in total. The molecule has 0 unspecified atom stereocenters. The zero-order valence-electron chi connectivity index (χ0n) is 16.7. The van der Waals surface area contributed by atoms with Crippen molar-refractivity contribution in [2.24, 2.45) is 0 Å². The standard InChI is InChI=1S/C25H21N5/c1-17-6-5-9-21(28-17)25-24(19-11-12-20-22(16-19)27-15-14-26-20)29-23(30-25)13-10-18-7-3-2-4-8-18/h2-9,11-12,14-16H,10,13H2,1H3,(H,29,30). The third-order valence-electron chi connectivity index (χ3n) is 5.13. The summed E-state index contributed by atoms with van der Waals surface area (Å²) in [5.74, 6) is 0.950. The van der Waals surface area contributed by atoms with E-state index >= 15 is 0 Å². The van der Waals surface area contributed by atoms with Gasteiger partial charge < -0.3 is 4.98 Å². The van der Waals surface area contributed by atoms with Crippen molar-refractivity contribution in [3.8, 4) is 22.6 Å². The second-order valence-electron chi connectivity index (χ2n) is 7.32. The van der Waals surface area contributed by atoms with Gasteiger partial charge in [0.05, 0.1) is 28.1 Å². The molecule has 5 heteroatoms. The number of aryl methyl sites for hydroxylation is 3. The van der Waals surface area contributed by atoms with Crippen LogP contribution < -0.4 is 0 Å². The van der Waals surface area contributed by atoms with Gasteiger partial charge in [0.1, 0.15) is 5.82 Å². The number of nitrogens with zero attached hydrogens (tertiary/aromatic N) is 4. The number of aromatic amines is 1. The molecule has 0 radical (unpaired) electrons. The lowest BCUT2D eigenvalue weighted by Gasteiger charge is -2.04. The van der Waals surface area contributed by atoms with E-state index in [0.29, 0.717) is 0 Å². The predicted octanol–water partition coefficient (Wildman–Crippen LogP) is 5.18. The Balaban J connectivity index is 1.57. The predicted molar refractivity (Wildman–Crippen MR) is 119 cm³/mol.